The van der Waals surface area contributed by atoms with E-state index >= 15 is 0 Å². The number of hydrogen-bond acceptors (Lipinski definition) is 7. The van der Waals surface area contributed by atoms with E-state index in [1.54, 1.807) is 11.7 Å². The van der Waals surface area contributed by atoms with Crippen LogP contribution in [0.15, 0.2) is 29.4 Å². The summed E-state index contributed by atoms with van der Waals surface area (Å²) in [6.07, 6.45) is 0. The number of hydrogen-bond donors (Lipinski definition) is 2. The number of anilines is 1. The average Bonchev–Trinajstić information content (AvgIpc) is 3.23. The maximum atomic E-state index is 12.5. The van der Waals surface area contributed by atoms with E-state index in [0.29, 0.717) is 11.1 Å². The van der Waals surface area contributed by atoms with E-state index in [0.717, 1.165) is 40.0 Å². The fraction of sp³-hybridized carbons (Fsp3) is 0.350. The third-order valence-corrected chi connectivity index (χ3v) is 5.65. The van der Waals surface area contributed by atoms with Crippen LogP contribution in [-0.2, 0) is 9.59 Å². The minimum Gasteiger partial charge on any atom is -0.336 e. The lowest BCUT2D eigenvalue weighted by Crippen LogP contribution is -2.36. The smallest absolute Gasteiger partial charge is 0.271 e. The molecule has 0 aliphatic carbocycles. The second kappa shape index (κ2) is 9.21. The second-order valence-electron chi connectivity index (χ2n) is 7.34. The molecule has 0 saturated heterocycles. The monoisotopic (exact) mass is 442 g/mol. The molecular weight excluding hydrogens is 416 g/mol. The van der Waals surface area contributed by atoms with Crippen molar-refractivity contribution < 1.29 is 9.59 Å². The number of nitrogen functional groups attached to an aromatic ring is 1. The van der Waals surface area contributed by atoms with Gasteiger partial charge in [0.05, 0.1) is 18.0 Å². The van der Waals surface area contributed by atoms with Crippen molar-refractivity contribution in [2.75, 3.05) is 30.5 Å². The summed E-state index contributed by atoms with van der Waals surface area (Å²) < 4.78 is 2.89. The van der Waals surface area contributed by atoms with E-state index in [-0.39, 0.29) is 24.1 Å². The number of para-hydroxylation sites is 1. The molecule has 2 aromatic heterocycles. The van der Waals surface area contributed by atoms with Crippen LogP contribution in [0.4, 0.5) is 5.69 Å². The van der Waals surface area contributed by atoms with Crippen molar-refractivity contribution in [3.63, 3.8) is 0 Å². The van der Waals surface area contributed by atoms with Crippen LogP contribution in [0.3, 0.4) is 0 Å². The zero-order valence-electron chi connectivity index (χ0n) is 18.2. The Bertz CT molecular complexity index is 1100. The molecule has 2 amide bonds. The number of rotatable bonds is 7. The highest BCUT2D eigenvalue weighted by atomic mass is 32.2. The van der Waals surface area contributed by atoms with Gasteiger partial charge in [-0.15, -0.1) is 10.2 Å². The van der Waals surface area contributed by atoms with Crippen LogP contribution < -0.4 is 11.2 Å². The molecule has 3 aromatic rings. The van der Waals surface area contributed by atoms with Crippen LogP contribution in [-0.4, -0.2) is 60.7 Å². The quantitative estimate of drug-likeness (QED) is 0.421. The summed E-state index contributed by atoms with van der Waals surface area (Å²) in [5.74, 6) is 6.04. The van der Waals surface area contributed by atoms with Gasteiger partial charge in [0.25, 0.3) is 5.95 Å². The lowest BCUT2D eigenvalue weighted by molar-refractivity contribution is -0.131. The Morgan fingerprint density at radius 1 is 1.16 bits per heavy atom. The molecule has 0 aliphatic rings. The fourth-order valence-corrected chi connectivity index (χ4v) is 3.87. The van der Waals surface area contributed by atoms with Gasteiger partial charge < -0.3 is 16.1 Å². The Balaban J connectivity index is 1.57. The Morgan fingerprint density at radius 2 is 1.84 bits per heavy atom. The van der Waals surface area contributed by atoms with Crippen LogP contribution in [0.25, 0.3) is 5.95 Å². The maximum absolute atomic E-state index is 12.5. The first-order valence-electron chi connectivity index (χ1n) is 9.64. The summed E-state index contributed by atoms with van der Waals surface area (Å²) in [5.41, 5.74) is 4.43. The zero-order chi connectivity index (χ0) is 22.7. The molecule has 0 aliphatic heterocycles. The molecule has 3 N–H and O–H groups in total. The van der Waals surface area contributed by atoms with Crippen molar-refractivity contribution in [1.29, 1.82) is 0 Å². The van der Waals surface area contributed by atoms with Crippen molar-refractivity contribution in [3.05, 3.63) is 46.8 Å². The van der Waals surface area contributed by atoms with Gasteiger partial charge in [-0.1, -0.05) is 30.0 Å². The summed E-state index contributed by atoms with van der Waals surface area (Å²) in [6, 6.07) is 7.70. The van der Waals surface area contributed by atoms with Crippen molar-refractivity contribution >= 4 is 29.3 Å². The van der Waals surface area contributed by atoms with Gasteiger partial charge in [-0.25, -0.2) is 9.36 Å². The first-order chi connectivity index (χ1) is 14.7. The lowest BCUT2D eigenvalue weighted by Gasteiger charge is -2.18. The first kappa shape index (κ1) is 22.3. The number of likely N-dealkylation sites (N-methyl/N-ethyl adjacent to an activating group) is 1. The summed E-state index contributed by atoms with van der Waals surface area (Å²) in [6.45, 7) is 7.57. The molecule has 0 fully saturated rings. The lowest BCUT2D eigenvalue weighted by atomic mass is 10.1. The molecule has 2 heterocycles. The van der Waals surface area contributed by atoms with Gasteiger partial charge in [-0.05, 0) is 44.9 Å². The molecule has 0 radical (unpaired) electrons. The molecule has 164 valence electrons. The normalized spacial score (nSPS) is 10.9. The van der Waals surface area contributed by atoms with Gasteiger partial charge in [0.15, 0.2) is 0 Å². The number of nitrogens with two attached hydrogens (primary N) is 1. The van der Waals surface area contributed by atoms with Gasteiger partial charge in [0, 0.05) is 18.4 Å². The third-order valence-electron chi connectivity index (χ3n) is 4.72. The van der Waals surface area contributed by atoms with Crippen LogP contribution >= 0.6 is 11.8 Å². The van der Waals surface area contributed by atoms with Crippen molar-refractivity contribution in [1.82, 2.24) is 29.6 Å². The van der Waals surface area contributed by atoms with E-state index in [1.807, 2.05) is 52.0 Å². The van der Waals surface area contributed by atoms with Crippen molar-refractivity contribution in [2.45, 2.75) is 32.9 Å². The van der Waals surface area contributed by atoms with Gasteiger partial charge in [0.2, 0.25) is 17.0 Å². The number of thioether (sulfide) groups is 1. The molecular formula is C20H26N8O2S. The van der Waals surface area contributed by atoms with Crippen LogP contribution in [0.5, 0.6) is 0 Å². The summed E-state index contributed by atoms with van der Waals surface area (Å²) in [4.78, 5) is 26.2. The average molecular weight is 443 g/mol. The van der Waals surface area contributed by atoms with E-state index in [2.05, 4.69) is 20.6 Å². The Hall–Kier alpha value is -3.34. The molecule has 31 heavy (non-hydrogen) atoms. The number of benzene rings is 1. The van der Waals surface area contributed by atoms with Crippen molar-refractivity contribution in [2.24, 2.45) is 0 Å². The predicted octanol–water partition coefficient (Wildman–Crippen LogP) is 1.60. The van der Waals surface area contributed by atoms with Gasteiger partial charge in [-0.2, -0.15) is 5.10 Å². The number of aryl methyl sites for hydroxylation is 4. The Labute approximate surface area is 184 Å². The molecule has 0 spiro atoms. The molecule has 10 nitrogen and oxygen atoms in total. The molecule has 0 bridgehead atoms. The standard InChI is InChI=1S/C20H26N8O2S/c1-12-7-6-8-13(2)18(12)22-16(29)10-26(5)17(30)11-31-20-24-23-19(27(20)21)28-15(4)9-14(3)25-28/h6-9H,10-11,21H2,1-5H3,(H,22,29). The number of aromatic nitrogens is 5. The number of nitrogens with one attached hydrogen (secondary N) is 1. The van der Waals surface area contributed by atoms with Crippen LogP contribution in [0.2, 0.25) is 0 Å². The molecule has 0 atom stereocenters. The topological polar surface area (TPSA) is 124 Å². The number of amides is 2. The Kier molecular flexibility index (Phi) is 6.64. The second-order valence-corrected chi connectivity index (χ2v) is 8.29. The van der Waals surface area contributed by atoms with E-state index in [1.165, 1.54) is 9.58 Å². The summed E-state index contributed by atoms with van der Waals surface area (Å²) >= 11 is 1.15. The van der Waals surface area contributed by atoms with Gasteiger partial charge in [0.1, 0.15) is 0 Å². The molecule has 3 rings (SSSR count). The molecule has 0 unspecified atom stereocenters. The highest BCUT2D eigenvalue weighted by molar-refractivity contribution is 7.99. The fourth-order valence-electron chi connectivity index (χ4n) is 3.07. The zero-order valence-corrected chi connectivity index (χ0v) is 19.0. The van der Waals surface area contributed by atoms with E-state index in [9.17, 15) is 9.59 Å². The minimum absolute atomic E-state index is 0.0561. The largest absolute Gasteiger partial charge is 0.336 e. The summed E-state index contributed by atoms with van der Waals surface area (Å²) in [7, 11) is 1.58. The van der Waals surface area contributed by atoms with Crippen LogP contribution in [0, 0.1) is 27.7 Å². The van der Waals surface area contributed by atoms with E-state index in [4.69, 9.17) is 5.84 Å². The maximum Gasteiger partial charge on any atom is 0.271 e. The van der Waals surface area contributed by atoms with Crippen molar-refractivity contribution in [3.8, 4) is 5.95 Å². The number of nitrogens with zero attached hydrogens (tertiary/aromatic N) is 6. The third kappa shape index (κ3) is 5.05. The number of carbonyl (C=O) groups excluding carboxylic acids is 2. The summed E-state index contributed by atoms with van der Waals surface area (Å²) in [5, 5.41) is 15.7. The number of carbonyl (C=O) groups is 2. The molecule has 0 saturated carbocycles. The highest BCUT2D eigenvalue weighted by Gasteiger charge is 2.19. The Morgan fingerprint density at radius 3 is 2.45 bits per heavy atom. The van der Waals surface area contributed by atoms with Gasteiger partial charge in [-0.3, -0.25) is 9.59 Å². The van der Waals surface area contributed by atoms with E-state index < -0.39 is 0 Å². The molecule has 1 aromatic carbocycles. The van der Waals surface area contributed by atoms with Gasteiger partial charge >= 0.3 is 0 Å². The molecule has 11 heteroatoms. The van der Waals surface area contributed by atoms with Crippen LogP contribution in [0.1, 0.15) is 22.5 Å². The first-order valence-corrected chi connectivity index (χ1v) is 10.6. The minimum atomic E-state index is -0.257. The predicted molar refractivity (Wildman–Crippen MR) is 120 cm³/mol. The highest BCUT2D eigenvalue weighted by Crippen LogP contribution is 2.20. The SMILES string of the molecule is Cc1cc(C)n(-c2nnc(SCC(=O)N(C)CC(=O)Nc3c(C)cccc3C)n2N)n1.